The van der Waals surface area contributed by atoms with Crippen LogP contribution < -0.4 is 5.32 Å². The van der Waals surface area contributed by atoms with Crippen LogP contribution in [0.4, 0.5) is 0 Å². The number of aryl methyl sites for hydroxylation is 2. The van der Waals surface area contributed by atoms with E-state index in [2.05, 4.69) is 11.4 Å². The molecule has 2 amide bonds. The summed E-state index contributed by atoms with van der Waals surface area (Å²) >= 11 is 6.16. The van der Waals surface area contributed by atoms with Gasteiger partial charge in [-0.3, -0.25) is 9.59 Å². The van der Waals surface area contributed by atoms with Crippen molar-refractivity contribution in [3.63, 3.8) is 0 Å². The molecule has 2 aromatic rings. The molecule has 0 heterocycles. The fourth-order valence-corrected chi connectivity index (χ4v) is 4.64. The van der Waals surface area contributed by atoms with Gasteiger partial charge in [-0.1, -0.05) is 72.3 Å². The van der Waals surface area contributed by atoms with E-state index in [4.69, 9.17) is 11.6 Å². The molecule has 1 aliphatic carbocycles. The molecule has 3 rings (SSSR count). The lowest BCUT2D eigenvalue weighted by Gasteiger charge is -2.31. The molecular formula is C26H33ClN2O2. The molecule has 0 aliphatic heterocycles. The molecule has 0 spiro atoms. The van der Waals surface area contributed by atoms with Crippen LogP contribution in [0, 0.1) is 13.8 Å². The van der Waals surface area contributed by atoms with E-state index < -0.39 is 6.04 Å². The molecule has 1 aliphatic rings. The molecular weight excluding hydrogens is 408 g/mol. The van der Waals surface area contributed by atoms with Gasteiger partial charge in [-0.2, -0.15) is 0 Å². The van der Waals surface area contributed by atoms with Crippen molar-refractivity contribution < 1.29 is 9.59 Å². The molecule has 0 saturated heterocycles. The Morgan fingerprint density at radius 3 is 2.35 bits per heavy atom. The second-order valence-corrected chi connectivity index (χ2v) is 9.28. The van der Waals surface area contributed by atoms with Gasteiger partial charge in [-0.05, 0) is 56.9 Å². The van der Waals surface area contributed by atoms with Crippen molar-refractivity contribution in [3.05, 3.63) is 69.7 Å². The largest absolute Gasteiger partial charge is 0.352 e. The van der Waals surface area contributed by atoms with Gasteiger partial charge < -0.3 is 10.2 Å². The zero-order valence-corrected chi connectivity index (χ0v) is 19.5. The number of carbonyl (C=O) groups is 2. The first-order valence-electron chi connectivity index (χ1n) is 11.2. The molecule has 0 bridgehead atoms. The fourth-order valence-electron chi connectivity index (χ4n) is 4.43. The van der Waals surface area contributed by atoms with E-state index in [1.807, 2.05) is 57.2 Å². The fraction of sp³-hybridized carbons (Fsp3) is 0.462. The molecule has 1 saturated carbocycles. The van der Waals surface area contributed by atoms with Crippen LogP contribution in [0.1, 0.15) is 61.3 Å². The summed E-state index contributed by atoms with van der Waals surface area (Å²) in [5, 5.41) is 3.80. The number of hydrogen-bond donors (Lipinski definition) is 1. The third kappa shape index (κ3) is 6.83. The first-order chi connectivity index (χ1) is 14.8. The van der Waals surface area contributed by atoms with E-state index in [1.54, 1.807) is 4.90 Å². The van der Waals surface area contributed by atoms with Crippen LogP contribution in [-0.4, -0.2) is 28.8 Å². The van der Waals surface area contributed by atoms with Crippen LogP contribution in [0.3, 0.4) is 0 Å². The maximum Gasteiger partial charge on any atom is 0.242 e. The summed E-state index contributed by atoms with van der Waals surface area (Å²) in [5.41, 5.74) is 4.15. The molecule has 31 heavy (non-hydrogen) atoms. The minimum atomic E-state index is -0.556. The average molecular weight is 441 g/mol. The van der Waals surface area contributed by atoms with Crippen LogP contribution >= 0.6 is 11.6 Å². The Balaban J connectivity index is 1.78. The summed E-state index contributed by atoms with van der Waals surface area (Å²) in [6.45, 7) is 6.24. The molecule has 1 N–H and O–H groups in total. The van der Waals surface area contributed by atoms with Crippen molar-refractivity contribution >= 4 is 23.4 Å². The van der Waals surface area contributed by atoms with Gasteiger partial charge in [0.25, 0.3) is 0 Å². The summed E-state index contributed by atoms with van der Waals surface area (Å²) in [4.78, 5) is 28.1. The van der Waals surface area contributed by atoms with Gasteiger partial charge in [0, 0.05) is 17.6 Å². The van der Waals surface area contributed by atoms with E-state index >= 15 is 0 Å². The highest BCUT2D eigenvalue weighted by atomic mass is 35.5. The molecule has 2 aromatic carbocycles. The van der Waals surface area contributed by atoms with Crippen LogP contribution in [0.5, 0.6) is 0 Å². The van der Waals surface area contributed by atoms with Crippen LogP contribution in [0.25, 0.3) is 0 Å². The normalized spacial score (nSPS) is 15.4. The van der Waals surface area contributed by atoms with E-state index in [9.17, 15) is 9.59 Å². The maximum absolute atomic E-state index is 13.4. The summed E-state index contributed by atoms with van der Waals surface area (Å²) in [6.07, 6.45) is 5.84. The standard InChI is InChI=1S/C26H33ClN2O2/c1-18-12-19(2)14-22(13-18)16-25(30)29(17-21-8-7-9-23(27)15-21)20(3)26(31)28-24-10-5-4-6-11-24/h7-9,12-15,20,24H,4-6,10-11,16-17H2,1-3H3,(H,28,31). The van der Waals surface area contributed by atoms with Crippen molar-refractivity contribution in [1.29, 1.82) is 0 Å². The van der Waals surface area contributed by atoms with Gasteiger partial charge in [0.2, 0.25) is 11.8 Å². The summed E-state index contributed by atoms with van der Waals surface area (Å²) in [7, 11) is 0. The van der Waals surface area contributed by atoms with E-state index in [0.717, 1.165) is 47.9 Å². The van der Waals surface area contributed by atoms with Crippen LogP contribution in [0.2, 0.25) is 5.02 Å². The zero-order valence-electron chi connectivity index (χ0n) is 18.8. The Hall–Kier alpha value is -2.33. The quantitative estimate of drug-likeness (QED) is 0.629. The van der Waals surface area contributed by atoms with Crippen LogP contribution in [-0.2, 0) is 22.6 Å². The van der Waals surface area contributed by atoms with Gasteiger partial charge in [0.1, 0.15) is 6.04 Å². The van der Waals surface area contributed by atoms with Gasteiger partial charge >= 0.3 is 0 Å². The van der Waals surface area contributed by atoms with Gasteiger partial charge in [0.05, 0.1) is 6.42 Å². The third-order valence-electron chi connectivity index (χ3n) is 6.00. The van der Waals surface area contributed by atoms with E-state index in [1.165, 1.54) is 6.42 Å². The zero-order chi connectivity index (χ0) is 22.4. The highest BCUT2D eigenvalue weighted by molar-refractivity contribution is 6.30. The third-order valence-corrected chi connectivity index (χ3v) is 6.23. The van der Waals surface area contributed by atoms with Crippen LogP contribution in [0.15, 0.2) is 42.5 Å². The monoisotopic (exact) mass is 440 g/mol. The van der Waals surface area contributed by atoms with Gasteiger partial charge in [-0.25, -0.2) is 0 Å². The molecule has 4 nitrogen and oxygen atoms in total. The lowest BCUT2D eigenvalue weighted by atomic mass is 9.95. The molecule has 166 valence electrons. The number of nitrogens with zero attached hydrogens (tertiary/aromatic N) is 1. The Labute approximate surface area is 191 Å². The van der Waals surface area contributed by atoms with Crippen molar-refractivity contribution in [2.24, 2.45) is 0 Å². The number of carbonyl (C=O) groups excluding carboxylic acids is 2. The molecule has 1 unspecified atom stereocenters. The predicted molar refractivity (Wildman–Crippen MR) is 126 cm³/mol. The van der Waals surface area contributed by atoms with Gasteiger partial charge in [-0.15, -0.1) is 0 Å². The predicted octanol–water partition coefficient (Wildman–Crippen LogP) is 5.37. The smallest absolute Gasteiger partial charge is 0.242 e. The number of rotatable bonds is 7. The summed E-state index contributed by atoms with van der Waals surface area (Å²) in [6, 6.07) is 13.3. The number of benzene rings is 2. The number of hydrogen-bond acceptors (Lipinski definition) is 2. The van der Waals surface area contributed by atoms with Crippen molar-refractivity contribution in [3.8, 4) is 0 Å². The minimum Gasteiger partial charge on any atom is -0.352 e. The lowest BCUT2D eigenvalue weighted by molar-refractivity contribution is -0.140. The minimum absolute atomic E-state index is 0.0590. The highest BCUT2D eigenvalue weighted by Crippen LogP contribution is 2.20. The Morgan fingerprint density at radius 2 is 1.71 bits per heavy atom. The van der Waals surface area contributed by atoms with Crippen molar-refractivity contribution in [2.75, 3.05) is 0 Å². The Bertz CT molecular complexity index is 901. The first-order valence-corrected chi connectivity index (χ1v) is 11.6. The molecule has 0 radical (unpaired) electrons. The number of nitrogens with one attached hydrogen (secondary N) is 1. The SMILES string of the molecule is Cc1cc(C)cc(CC(=O)N(Cc2cccc(Cl)c2)C(C)C(=O)NC2CCCCC2)c1. The maximum atomic E-state index is 13.4. The van der Waals surface area contributed by atoms with Gasteiger partial charge in [0.15, 0.2) is 0 Å². The second kappa shape index (κ2) is 10.8. The highest BCUT2D eigenvalue weighted by Gasteiger charge is 2.28. The molecule has 1 fully saturated rings. The first kappa shape index (κ1) is 23.3. The van der Waals surface area contributed by atoms with E-state index in [-0.39, 0.29) is 24.3 Å². The average Bonchev–Trinajstić information content (AvgIpc) is 2.71. The molecule has 0 aromatic heterocycles. The second-order valence-electron chi connectivity index (χ2n) is 8.84. The topological polar surface area (TPSA) is 49.4 Å². The van der Waals surface area contributed by atoms with Crippen molar-refractivity contribution in [2.45, 2.75) is 77.9 Å². The number of halogens is 1. The molecule has 5 heteroatoms. The Kier molecular flexibility index (Phi) is 8.14. The van der Waals surface area contributed by atoms with Crippen molar-refractivity contribution in [1.82, 2.24) is 10.2 Å². The number of amides is 2. The Morgan fingerprint density at radius 1 is 1.03 bits per heavy atom. The summed E-state index contributed by atoms with van der Waals surface area (Å²) < 4.78 is 0. The lowest BCUT2D eigenvalue weighted by Crippen LogP contribution is -2.50. The molecule has 1 atom stereocenters. The van der Waals surface area contributed by atoms with E-state index in [0.29, 0.717) is 11.6 Å². The summed E-state index contributed by atoms with van der Waals surface area (Å²) in [5.74, 6) is -0.140.